The fourth-order valence-corrected chi connectivity index (χ4v) is 5.40. The molecule has 2 aromatic carbocycles. The standard InChI is InChI=1S/C12H8ClO4Si/c13-18(14-9-5-1-2-6-10(9)15-18)16-11-7-3-4-8-12(11)17-18/h1-8H/q-1. The molecule has 0 unspecified atom stereocenters. The van der Waals surface area contributed by atoms with E-state index in [2.05, 4.69) is 0 Å². The van der Waals surface area contributed by atoms with Gasteiger partial charge in [0.05, 0.1) is 0 Å². The molecule has 0 aliphatic carbocycles. The van der Waals surface area contributed by atoms with Crippen LogP contribution < -0.4 is 17.7 Å². The van der Waals surface area contributed by atoms with Crippen molar-refractivity contribution in [3.05, 3.63) is 48.5 Å². The molecule has 0 aromatic heterocycles. The van der Waals surface area contributed by atoms with Gasteiger partial charge in [-0.2, -0.15) is 0 Å². The Labute approximate surface area is 108 Å². The first-order valence-corrected chi connectivity index (χ1v) is 8.62. The first kappa shape index (κ1) is 10.1. The van der Waals surface area contributed by atoms with E-state index in [-0.39, 0.29) is 0 Å². The van der Waals surface area contributed by atoms with E-state index in [4.69, 9.17) is 28.8 Å². The van der Waals surface area contributed by atoms with Crippen molar-refractivity contribution in [2.45, 2.75) is 0 Å². The molecule has 0 saturated heterocycles. The SMILES string of the molecule is Cl[Si-]12(Oc3ccccc3O1)Oc1ccccc1O2. The second-order valence-electron chi connectivity index (χ2n) is 4.11. The zero-order chi connectivity index (χ0) is 12.2. The van der Waals surface area contributed by atoms with E-state index < -0.39 is 7.63 Å². The van der Waals surface area contributed by atoms with Crippen LogP contribution in [0, 0.1) is 0 Å². The molecular formula is C12H8ClO4Si-. The molecule has 0 saturated carbocycles. The van der Waals surface area contributed by atoms with Crippen molar-refractivity contribution in [3.63, 3.8) is 0 Å². The molecule has 6 heteroatoms. The quantitative estimate of drug-likeness (QED) is 0.549. The number of benzene rings is 2. The third-order valence-corrected chi connectivity index (χ3v) is 5.91. The van der Waals surface area contributed by atoms with Crippen LogP contribution in [0.5, 0.6) is 23.0 Å². The molecule has 0 radical (unpaired) electrons. The summed E-state index contributed by atoms with van der Waals surface area (Å²) in [5.41, 5.74) is 0. The van der Waals surface area contributed by atoms with Gasteiger partial charge in [0.25, 0.3) is 0 Å². The van der Waals surface area contributed by atoms with Crippen molar-refractivity contribution in [1.29, 1.82) is 0 Å². The Morgan fingerprint density at radius 3 is 1.17 bits per heavy atom. The minimum atomic E-state index is -4.36. The van der Waals surface area contributed by atoms with Gasteiger partial charge < -0.3 is 0 Å². The number of fused-ring (bicyclic) bond motifs is 2. The summed E-state index contributed by atoms with van der Waals surface area (Å²) in [5.74, 6) is 2.14. The van der Waals surface area contributed by atoms with Gasteiger partial charge in [0, 0.05) is 0 Å². The van der Waals surface area contributed by atoms with E-state index in [9.17, 15) is 0 Å². The molecule has 2 aliphatic heterocycles. The molecular weight excluding hydrogens is 272 g/mol. The maximum absolute atomic E-state index is 6.46. The topological polar surface area (TPSA) is 36.9 Å². The van der Waals surface area contributed by atoms with Gasteiger partial charge in [0.15, 0.2) is 0 Å². The van der Waals surface area contributed by atoms with Crippen molar-refractivity contribution >= 4 is 18.7 Å². The number of hydrogen-bond acceptors (Lipinski definition) is 4. The van der Waals surface area contributed by atoms with Gasteiger partial charge in [-0.15, -0.1) is 0 Å². The number of para-hydroxylation sites is 4. The molecule has 92 valence electrons. The molecule has 4 rings (SSSR count). The minimum absolute atomic E-state index is 0.536. The van der Waals surface area contributed by atoms with Crippen LogP contribution in [0.1, 0.15) is 0 Å². The van der Waals surface area contributed by atoms with Crippen LogP contribution in [0.25, 0.3) is 0 Å². The number of halogens is 1. The van der Waals surface area contributed by atoms with Crippen LogP contribution in [0.2, 0.25) is 0 Å². The summed E-state index contributed by atoms with van der Waals surface area (Å²) in [6.07, 6.45) is 0. The van der Waals surface area contributed by atoms with Gasteiger partial charge in [0.1, 0.15) is 0 Å². The Morgan fingerprint density at radius 2 is 0.889 bits per heavy atom. The number of rotatable bonds is 0. The fourth-order valence-electron chi connectivity index (χ4n) is 2.07. The molecule has 2 aromatic rings. The summed E-state index contributed by atoms with van der Waals surface area (Å²) in [6, 6.07) is 14.4. The Bertz CT molecular complexity index is 547. The van der Waals surface area contributed by atoms with E-state index >= 15 is 0 Å². The molecule has 0 bridgehead atoms. The van der Waals surface area contributed by atoms with Crippen molar-refractivity contribution in [2.75, 3.05) is 0 Å². The Kier molecular flexibility index (Phi) is 1.65. The first-order valence-electron chi connectivity index (χ1n) is 5.48. The van der Waals surface area contributed by atoms with Crippen LogP contribution in [-0.4, -0.2) is 7.63 Å². The molecule has 0 fully saturated rings. The van der Waals surface area contributed by atoms with Gasteiger partial charge in [-0.3, -0.25) is 0 Å². The van der Waals surface area contributed by atoms with E-state index in [1.807, 2.05) is 24.3 Å². The van der Waals surface area contributed by atoms with Crippen molar-refractivity contribution in [2.24, 2.45) is 0 Å². The molecule has 0 atom stereocenters. The van der Waals surface area contributed by atoms with Crippen LogP contribution in [-0.2, 0) is 0 Å². The van der Waals surface area contributed by atoms with Gasteiger partial charge in [-0.05, 0) is 0 Å². The first-order chi connectivity index (χ1) is 8.64. The van der Waals surface area contributed by atoms with Crippen molar-refractivity contribution < 1.29 is 17.7 Å². The third kappa shape index (κ3) is 1.25. The zero-order valence-corrected chi connectivity index (χ0v) is 10.9. The summed E-state index contributed by atoms with van der Waals surface area (Å²) in [6.45, 7) is 0. The zero-order valence-electron chi connectivity index (χ0n) is 9.13. The van der Waals surface area contributed by atoms with Gasteiger partial charge in [-0.1, -0.05) is 0 Å². The summed E-state index contributed by atoms with van der Waals surface area (Å²) < 4.78 is 22.7. The van der Waals surface area contributed by atoms with Gasteiger partial charge in [-0.25, -0.2) is 0 Å². The Morgan fingerprint density at radius 1 is 0.611 bits per heavy atom. The van der Waals surface area contributed by atoms with E-state index in [1.54, 1.807) is 24.3 Å². The van der Waals surface area contributed by atoms with Gasteiger partial charge in [0.2, 0.25) is 0 Å². The molecule has 2 heterocycles. The molecule has 0 N–H and O–H groups in total. The van der Waals surface area contributed by atoms with Gasteiger partial charge >= 0.3 is 108 Å². The predicted octanol–water partition coefficient (Wildman–Crippen LogP) is 3.05. The van der Waals surface area contributed by atoms with Crippen molar-refractivity contribution in [3.8, 4) is 23.0 Å². The number of hydrogen-bond donors (Lipinski definition) is 0. The van der Waals surface area contributed by atoms with Crippen LogP contribution >= 0.6 is 11.1 Å². The van der Waals surface area contributed by atoms with Crippen LogP contribution in [0.4, 0.5) is 0 Å². The van der Waals surface area contributed by atoms with E-state index in [0.29, 0.717) is 23.0 Å². The average molecular weight is 280 g/mol. The third-order valence-electron chi connectivity index (χ3n) is 2.79. The summed E-state index contributed by atoms with van der Waals surface area (Å²) in [5, 5.41) is 0. The van der Waals surface area contributed by atoms with Crippen LogP contribution in [0.15, 0.2) is 48.5 Å². The summed E-state index contributed by atoms with van der Waals surface area (Å²) >= 11 is 6.46. The summed E-state index contributed by atoms with van der Waals surface area (Å²) in [7, 11) is -4.36. The Hall–Kier alpha value is -1.85. The molecule has 2 aliphatic rings. The van der Waals surface area contributed by atoms with Crippen molar-refractivity contribution in [1.82, 2.24) is 0 Å². The monoisotopic (exact) mass is 279 g/mol. The fraction of sp³-hybridized carbons (Fsp3) is 0. The second kappa shape index (κ2) is 2.93. The normalized spacial score (nSPS) is 22.4. The maximum atomic E-state index is 6.46. The molecule has 0 amide bonds. The predicted molar refractivity (Wildman–Crippen MR) is 67.0 cm³/mol. The average Bonchev–Trinajstić information content (AvgIpc) is 2.81. The van der Waals surface area contributed by atoms with E-state index in [0.717, 1.165) is 0 Å². The van der Waals surface area contributed by atoms with E-state index in [1.165, 1.54) is 0 Å². The second-order valence-corrected chi connectivity index (χ2v) is 8.40. The van der Waals surface area contributed by atoms with Crippen LogP contribution in [0.3, 0.4) is 0 Å². The molecule has 4 nitrogen and oxygen atoms in total. The molecule has 18 heavy (non-hydrogen) atoms. The molecule has 1 spiro atoms. The Balaban J connectivity index is 1.80. The summed E-state index contributed by atoms with van der Waals surface area (Å²) in [4.78, 5) is 0.